The molecule has 1 amide bonds. The van der Waals surface area contributed by atoms with Gasteiger partial charge in [-0.25, -0.2) is 4.79 Å². The second-order valence-corrected chi connectivity index (χ2v) is 5.40. The molecule has 1 atom stereocenters. The molecule has 0 aliphatic rings. The molecule has 2 rings (SSSR count). The Balaban J connectivity index is 2.12. The average Bonchev–Trinajstić information content (AvgIpc) is 2.46. The van der Waals surface area contributed by atoms with Gasteiger partial charge in [-0.15, -0.1) is 0 Å². The van der Waals surface area contributed by atoms with Crippen molar-refractivity contribution >= 4 is 22.6 Å². The van der Waals surface area contributed by atoms with Gasteiger partial charge in [-0.3, -0.25) is 4.79 Å². The number of benzene rings is 2. The number of carboxylic acids is 1. The van der Waals surface area contributed by atoms with Gasteiger partial charge in [0.25, 0.3) is 0 Å². The summed E-state index contributed by atoms with van der Waals surface area (Å²) in [5.41, 5.74) is -0.344. The number of amides is 1. The lowest BCUT2D eigenvalue weighted by Gasteiger charge is -2.24. The van der Waals surface area contributed by atoms with Crippen molar-refractivity contribution in [2.45, 2.75) is 32.2 Å². The number of nitrogens with one attached hydrogen (secondary N) is 1. The Bertz CT molecular complexity index is 681. The molecule has 0 bridgehead atoms. The Labute approximate surface area is 123 Å². The number of carbonyl (C=O) groups is 2. The number of hydrogen-bond acceptors (Lipinski definition) is 2. The van der Waals surface area contributed by atoms with Crippen LogP contribution in [0.2, 0.25) is 0 Å². The van der Waals surface area contributed by atoms with E-state index in [2.05, 4.69) is 5.32 Å². The van der Waals surface area contributed by atoms with Gasteiger partial charge < -0.3 is 10.4 Å². The van der Waals surface area contributed by atoms with Crippen LogP contribution in [0.4, 0.5) is 0 Å². The first-order valence-corrected chi connectivity index (χ1v) is 6.97. The molecule has 0 radical (unpaired) electrons. The highest BCUT2D eigenvalue weighted by molar-refractivity contribution is 5.89. The molecule has 21 heavy (non-hydrogen) atoms. The van der Waals surface area contributed by atoms with E-state index < -0.39 is 11.5 Å². The molecule has 2 aromatic carbocycles. The minimum atomic E-state index is -1.21. The molecule has 0 spiro atoms. The van der Waals surface area contributed by atoms with Gasteiger partial charge >= 0.3 is 5.97 Å². The topological polar surface area (TPSA) is 66.4 Å². The molecule has 4 heteroatoms. The zero-order valence-electron chi connectivity index (χ0n) is 12.2. The minimum Gasteiger partial charge on any atom is -0.480 e. The van der Waals surface area contributed by atoms with Crippen LogP contribution in [0.5, 0.6) is 0 Å². The van der Waals surface area contributed by atoms with Gasteiger partial charge in [0.2, 0.25) is 5.91 Å². The standard InChI is InChI=1S/C17H19NO3/c1-3-17(2,16(20)21)18-15(19)11-12-8-9-13-6-4-5-7-14(13)10-12/h4-10H,3,11H2,1-2H3,(H,18,19)(H,20,21). The summed E-state index contributed by atoms with van der Waals surface area (Å²) in [4.78, 5) is 23.3. The van der Waals surface area contributed by atoms with Crippen LogP contribution in [-0.2, 0) is 16.0 Å². The van der Waals surface area contributed by atoms with Crippen molar-refractivity contribution < 1.29 is 14.7 Å². The summed E-state index contributed by atoms with van der Waals surface area (Å²) in [5, 5.41) is 14.0. The number of aliphatic carboxylic acids is 1. The van der Waals surface area contributed by atoms with Crippen LogP contribution in [-0.4, -0.2) is 22.5 Å². The molecule has 0 saturated heterocycles. The average molecular weight is 285 g/mol. The van der Waals surface area contributed by atoms with Crippen molar-refractivity contribution in [3.8, 4) is 0 Å². The Morgan fingerprint density at radius 2 is 1.81 bits per heavy atom. The molecule has 1 unspecified atom stereocenters. The van der Waals surface area contributed by atoms with Crippen LogP contribution in [0.25, 0.3) is 10.8 Å². The predicted octanol–water partition coefficient (Wildman–Crippen LogP) is 2.75. The lowest BCUT2D eigenvalue weighted by Crippen LogP contribution is -2.52. The molecule has 0 fully saturated rings. The van der Waals surface area contributed by atoms with Gasteiger partial charge in [-0.2, -0.15) is 0 Å². The number of carboxylic acid groups (broad SMARTS) is 1. The molecule has 0 saturated carbocycles. The SMILES string of the molecule is CCC(C)(NC(=O)Cc1ccc2ccccc2c1)C(=O)O. The molecule has 0 heterocycles. The maximum Gasteiger partial charge on any atom is 0.329 e. The van der Waals surface area contributed by atoms with Gasteiger partial charge in [0.15, 0.2) is 0 Å². The van der Waals surface area contributed by atoms with Crippen molar-refractivity contribution in [1.29, 1.82) is 0 Å². The maximum atomic E-state index is 12.1. The summed E-state index contributed by atoms with van der Waals surface area (Å²) < 4.78 is 0. The molecule has 0 aliphatic carbocycles. The zero-order chi connectivity index (χ0) is 15.5. The van der Waals surface area contributed by atoms with Crippen LogP contribution < -0.4 is 5.32 Å². The van der Waals surface area contributed by atoms with Gasteiger partial charge in [0, 0.05) is 0 Å². The number of rotatable bonds is 5. The van der Waals surface area contributed by atoms with E-state index in [4.69, 9.17) is 0 Å². The van der Waals surface area contributed by atoms with Crippen LogP contribution in [0.3, 0.4) is 0 Å². The maximum absolute atomic E-state index is 12.1. The molecule has 110 valence electrons. The first-order valence-electron chi connectivity index (χ1n) is 6.97. The lowest BCUT2D eigenvalue weighted by molar-refractivity contribution is -0.146. The Kier molecular flexibility index (Phi) is 4.26. The normalized spacial score (nSPS) is 13.6. The fraction of sp³-hybridized carbons (Fsp3) is 0.294. The molecule has 2 N–H and O–H groups in total. The second-order valence-electron chi connectivity index (χ2n) is 5.40. The van der Waals surface area contributed by atoms with Crippen LogP contribution >= 0.6 is 0 Å². The zero-order valence-corrected chi connectivity index (χ0v) is 12.2. The second kappa shape index (κ2) is 5.95. The summed E-state index contributed by atoms with van der Waals surface area (Å²) in [7, 11) is 0. The van der Waals surface area contributed by atoms with Gasteiger partial charge in [-0.05, 0) is 29.7 Å². The van der Waals surface area contributed by atoms with E-state index in [1.165, 1.54) is 6.92 Å². The highest BCUT2D eigenvalue weighted by atomic mass is 16.4. The van der Waals surface area contributed by atoms with Crippen molar-refractivity contribution in [3.05, 3.63) is 48.0 Å². The molecule has 4 nitrogen and oxygen atoms in total. The highest BCUT2D eigenvalue weighted by Crippen LogP contribution is 2.16. The third-order valence-corrected chi connectivity index (χ3v) is 3.77. The lowest BCUT2D eigenvalue weighted by atomic mass is 9.98. The van der Waals surface area contributed by atoms with E-state index >= 15 is 0 Å². The third-order valence-electron chi connectivity index (χ3n) is 3.77. The largest absolute Gasteiger partial charge is 0.480 e. The summed E-state index contributed by atoms with van der Waals surface area (Å²) >= 11 is 0. The summed E-state index contributed by atoms with van der Waals surface area (Å²) in [5.74, 6) is -1.30. The van der Waals surface area contributed by atoms with Crippen molar-refractivity contribution in [3.63, 3.8) is 0 Å². The van der Waals surface area contributed by atoms with Crippen LogP contribution in [0.1, 0.15) is 25.8 Å². The molecular formula is C17H19NO3. The fourth-order valence-electron chi connectivity index (χ4n) is 2.18. The van der Waals surface area contributed by atoms with E-state index in [1.54, 1.807) is 6.92 Å². The quantitative estimate of drug-likeness (QED) is 0.887. The summed E-state index contributed by atoms with van der Waals surface area (Å²) in [6, 6.07) is 13.7. The number of carbonyl (C=O) groups excluding carboxylic acids is 1. The van der Waals surface area contributed by atoms with Crippen molar-refractivity contribution in [2.24, 2.45) is 0 Å². The van der Waals surface area contributed by atoms with Gasteiger partial charge in [-0.1, -0.05) is 49.4 Å². The van der Waals surface area contributed by atoms with Crippen LogP contribution in [0.15, 0.2) is 42.5 Å². The number of fused-ring (bicyclic) bond motifs is 1. The minimum absolute atomic E-state index is 0.174. The molecular weight excluding hydrogens is 266 g/mol. The molecule has 0 aromatic heterocycles. The molecule has 0 aliphatic heterocycles. The fourth-order valence-corrected chi connectivity index (χ4v) is 2.18. The van der Waals surface area contributed by atoms with E-state index in [9.17, 15) is 14.7 Å². The first kappa shape index (κ1) is 15.0. The Morgan fingerprint density at radius 3 is 2.43 bits per heavy atom. The monoisotopic (exact) mass is 285 g/mol. The molecule has 2 aromatic rings. The summed E-state index contributed by atoms with van der Waals surface area (Å²) in [6.45, 7) is 3.26. The van der Waals surface area contributed by atoms with E-state index in [-0.39, 0.29) is 12.3 Å². The summed E-state index contributed by atoms with van der Waals surface area (Å²) in [6.07, 6.45) is 0.513. The van der Waals surface area contributed by atoms with Crippen molar-refractivity contribution in [2.75, 3.05) is 0 Å². The third kappa shape index (κ3) is 3.40. The van der Waals surface area contributed by atoms with Gasteiger partial charge in [0.1, 0.15) is 5.54 Å². The van der Waals surface area contributed by atoms with E-state index in [0.717, 1.165) is 16.3 Å². The smallest absolute Gasteiger partial charge is 0.329 e. The first-order chi connectivity index (χ1) is 9.94. The van der Waals surface area contributed by atoms with E-state index in [1.807, 2.05) is 42.5 Å². The van der Waals surface area contributed by atoms with Crippen LogP contribution in [0, 0.1) is 0 Å². The van der Waals surface area contributed by atoms with Crippen molar-refractivity contribution in [1.82, 2.24) is 5.32 Å². The Hall–Kier alpha value is -2.36. The van der Waals surface area contributed by atoms with E-state index in [0.29, 0.717) is 6.42 Å². The highest BCUT2D eigenvalue weighted by Gasteiger charge is 2.32. The van der Waals surface area contributed by atoms with Gasteiger partial charge in [0.05, 0.1) is 6.42 Å². The number of hydrogen-bond donors (Lipinski definition) is 2. The predicted molar refractivity (Wildman–Crippen MR) is 82.1 cm³/mol. The Morgan fingerprint density at radius 1 is 1.14 bits per heavy atom.